The van der Waals surface area contributed by atoms with Gasteiger partial charge >= 0.3 is 6.18 Å². The van der Waals surface area contributed by atoms with Gasteiger partial charge in [-0.2, -0.15) is 13.2 Å². The lowest BCUT2D eigenvalue weighted by atomic mass is 9.95. The zero-order valence-electron chi connectivity index (χ0n) is 11.6. The van der Waals surface area contributed by atoms with Gasteiger partial charge in [0.25, 0.3) is 0 Å². The van der Waals surface area contributed by atoms with Gasteiger partial charge in [0.2, 0.25) is 0 Å². The second-order valence-electron chi connectivity index (χ2n) is 4.79. The Morgan fingerprint density at radius 1 is 1.05 bits per heavy atom. The van der Waals surface area contributed by atoms with Crippen LogP contribution in [0.4, 0.5) is 17.6 Å². The largest absolute Gasteiger partial charge is 0.419 e. The van der Waals surface area contributed by atoms with E-state index in [1.165, 1.54) is 6.07 Å². The van der Waals surface area contributed by atoms with Crippen LogP contribution in [0.15, 0.2) is 42.5 Å². The van der Waals surface area contributed by atoms with E-state index < -0.39 is 17.6 Å². The first-order valence-electron chi connectivity index (χ1n) is 6.48. The van der Waals surface area contributed by atoms with Crippen molar-refractivity contribution in [2.24, 2.45) is 0 Å². The topological polar surface area (TPSA) is 12.0 Å². The molecule has 0 saturated carbocycles. The minimum atomic E-state index is -4.68. The van der Waals surface area contributed by atoms with Crippen LogP contribution in [0.3, 0.4) is 0 Å². The summed E-state index contributed by atoms with van der Waals surface area (Å²) in [5.41, 5.74) is 0.801. The molecule has 1 atom stereocenters. The van der Waals surface area contributed by atoms with Gasteiger partial charge in [-0.05, 0) is 42.8 Å². The fourth-order valence-electron chi connectivity index (χ4n) is 2.21. The molecule has 1 unspecified atom stereocenters. The average molecular weight is 297 g/mol. The zero-order chi connectivity index (χ0) is 15.6. The number of alkyl halides is 3. The molecule has 2 aromatic rings. The Balaban J connectivity index is 2.52. The monoisotopic (exact) mass is 297 g/mol. The fourth-order valence-corrected chi connectivity index (χ4v) is 2.21. The van der Waals surface area contributed by atoms with Crippen LogP contribution in [0.5, 0.6) is 0 Å². The van der Waals surface area contributed by atoms with Crippen LogP contribution in [0.25, 0.3) is 11.1 Å². The summed E-state index contributed by atoms with van der Waals surface area (Å²) in [6.07, 6.45) is -4.68. The highest BCUT2D eigenvalue weighted by Crippen LogP contribution is 2.35. The number of halogens is 4. The van der Waals surface area contributed by atoms with E-state index in [2.05, 4.69) is 5.32 Å². The number of hydrogen-bond donors (Lipinski definition) is 1. The molecule has 2 rings (SSSR count). The summed E-state index contributed by atoms with van der Waals surface area (Å²) in [7, 11) is 1.79. The number of hydrogen-bond acceptors (Lipinski definition) is 1. The smallest absolute Gasteiger partial charge is 0.313 e. The molecule has 0 aliphatic heterocycles. The van der Waals surface area contributed by atoms with Crippen molar-refractivity contribution >= 4 is 0 Å². The van der Waals surface area contributed by atoms with Gasteiger partial charge in [-0.15, -0.1) is 0 Å². The summed E-state index contributed by atoms with van der Waals surface area (Å²) in [6, 6.07) is 10.3. The summed E-state index contributed by atoms with van der Waals surface area (Å²) >= 11 is 0. The lowest BCUT2D eigenvalue weighted by molar-refractivity contribution is -0.139. The highest BCUT2D eigenvalue weighted by Gasteiger charge is 2.34. The summed E-state index contributed by atoms with van der Waals surface area (Å²) < 4.78 is 51.5. The summed E-state index contributed by atoms with van der Waals surface area (Å²) in [6.45, 7) is 1.93. The van der Waals surface area contributed by atoms with E-state index in [0.29, 0.717) is 11.1 Å². The second kappa shape index (κ2) is 5.85. The minimum absolute atomic E-state index is 0.00607. The van der Waals surface area contributed by atoms with E-state index in [-0.39, 0.29) is 6.04 Å². The third-order valence-electron chi connectivity index (χ3n) is 3.45. The minimum Gasteiger partial charge on any atom is -0.313 e. The second-order valence-corrected chi connectivity index (χ2v) is 4.79. The van der Waals surface area contributed by atoms with Crippen molar-refractivity contribution in [3.8, 4) is 11.1 Å². The molecule has 0 amide bonds. The normalized spacial score (nSPS) is 13.2. The van der Waals surface area contributed by atoms with Gasteiger partial charge < -0.3 is 5.32 Å². The Labute approximate surface area is 120 Å². The first kappa shape index (κ1) is 15.5. The first-order chi connectivity index (χ1) is 9.84. The fraction of sp³-hybridized carbons (Fsp3) is 0.250. The molecule has 1 nitrogen and oxygen atoms in total. The number of benzene rings is 2. The average Bonchev–Trinajstić information content (AvgIpc) is 2.45. The van der Waals surface area contributed by atoms with Gasteiger partial charge in [0.15, 0.2) is 0 Å². The summed E-state index contributed by atoms with van der Waals surface area (Å²) in [5.74, 6) is -1.26. The van der Waals surface area contributed by atoms with Gasteiger partial charge in [0.1, 0.15) is 5.82 Å². The molecule has 0 radical (unpaired) electrons. The zero-order valence-corrected chi connectivity index (χ0v) is 11.6. The van der Waals surface area contributed by atoms with Crippen molar-refractivity contribution in [1.29, 1.82) is 0 Å². The molecule has 2 aromatic carbocycles. The Kier molecular flexibility index (Phi) is 4.32. The van der Waals surface area contributed by atoms with Gasteiger partial charge in [0, 0.05) is 6.04 Å². The van der Waals surface area contributed by atoms with Crippen LogP contribution in [0.1, 0.15) is 24.1 Å². The predicted molar refractivity (Wildman–Crippen MR) is 74.3 cm³/mol. The van der Waals surface area contributed by atoms with Crippen molar-refractivity contribution in [1.82, 2.24) is 5.32 Å². The van der Waals surface area contributed by atoms with Gasteiger partial charge in [-0.25, -0.2) is 4.39 Å². The van der Waals surface area contributed by atoms with Gasteiger partial charge in [-0.1, -0.05) is 30.3 Å². The Morgan fingerprint density at radius 2 is 1.71 bits per heavy atom. The van der Waals surface area contributed by atoms with Gasteiger partial charge in [-0.3, -0.25) is 0 Å². The molecular weight excluding hydrogens is 282 g/mol. The Morgan fingerprint density at radius 3 is 2.29 bits per heavy atom. The quantitative estimate of drug-likeness (QED) is 0.803. The SMILES string of the molecule is CNC(C)c1ccccc1-c1ccc(C(F)(F)F)c(F)c1. The highest BCUT2D eigenvalue weighted by molar-refractivity contribution is 5.68. The predicted octanol–water partition coefficient (Wildman–Crippen LogP) is 4.79. The Hall–Kier alpha value is -1.88. The number of nitrogens with one attached hydrogen (secondary N) is 1. The van der Waals surface area contributed by atoms with E-state index in [1.807, 2.05) is 19.1 Å². The van der Waals surface area contributed by atoms with Crippen LogP contribution in [-0.4, -0.2) is 7.05 Å². The Bertz CT molecular complexity index is 634. The van der Waals surface area contributed by atoms with Crippen LogP contribution in [-0.2, 0) is 6.18 Å². The first-order valence-corrected chi connectivity index (χ1v) is 6.48. The molecule has 0 aliphatic carbocycles. The van der Waals surface area contributed by atoms with E-state index in [0.717, 1.165) is 17.7 Å². The van der Waals surface area contributed by atoms with Crippen molar-refractivity contribution in [2.45, 2.75) is 19.1 Å². The third-order valence-corrected chi connectivity index (χ3v) is 3.45. The van der Waals surface area contributed by atoms with E-state index >= 15 is 0 Å². The molecule has 0 fully saturated rings. The van der Waals surface area contributed by atoms with Crippen LogP contribution in [0.2, 0.25) is 0 Å². The van der Waals surface area contributed by atoms with Crippen LogP contribution >= 0.6 is 0 Å². The molecule has 0 spiro atoms. The molecule has 0 heterocycles. The maximum Gasteiger partial charge on any atom is 0.419 e. The maximum absolute atomic E-state index is 13.7. The molecule has 0 saturated heterocycles. The molecule has 0 aromatic heterocycles. The molecule has 5 heteroatoms. The third kappa shape index (κ3) is 3.24. The van der Waals surface area contributed by atoms with Crippen molar-refractivity contribution in [3.63, 3.8) is 0 Å². The molecule has 0 aliphatic rings. The lowest BCUT2D eigenvalue weighted by Gasteiger charge is -2.17. The van der Waals surface area contributed by atoms with E-state index in [9.17, 15) is 17.6 Å². The van der Waals surface area contributed by atoms with Crippen molar-refractivity contribution in [2.75, 3.05) is 7.05 Å². The lowest BCUT2D eigenvalue weighted by Crippen LogP contribution is -2.13. The van der Waals surface area contributed by atoms with Gasteiger partial charge in [0.05, 0.1) is 5.56 Å². The van der Waals surface area contributed by atoms with Crippen LogP contribution in [0, 0.1) is 5.82 Å². The molecule has 1 N–H and O–H groups in total. The number of rotatable bonds is 3. The molecule has 21 heavy (non-hydrogen) atoms. The maximum atomic E-state index is 13.7. The van der Waals surface area contributed by atoms with Crippen molar-refractivity contribution in [3.05, 3.63) is 59.4 Å². The van der Waals surface area contributed by atoms with Crippen LogP contribution < -0.4 is 5.32 Å². The van der Waals surface area contributed by atoms with E-state index in [1.54, 1.807) is 19.2 Å². The van der Waals surface area contributed by atoms with Crippen molar-refractivity contribution < 1.29 is 17.6 Å². The standard InChI is InChI=1S/C16H15F4N/c1-10(21-2)12-5-3-4-6-13(12)11-7-8-14(15(17)9-11)16(18,19)20/h3-10,21H,1-2H3. The summed E-state index contributed by atoms with van der Waals surface area (Å²) in [4.78, 5) is 0. The van der Waals surface area contributed by atoms with E-state index in [4.69, 9.17) is 0 Å². The molecule has 0 bridgehead atoms. The highest BCUT2D eigenvalue weighted by atomic mass is 19.4. The molecular formula is C16H15F4N. The summed E-state index contributed by atoms with van der Waals surface area (Å²) in [5, 5.41) is 3.07. The molecule has 112 valence electrons.